The molecule has 0 saturated carbocycles. The number of esters is 1. The van der Waals surface area contributed by atoms with Crippen LogP contribution in [0.1, 0.15) is 77.4 Å². The Balaban J connectivity index is 0.822. The molecule has 5 aromatic rings. The maximum atomic E-state index is 13.2. The first-order chi connectivity index (χ1) is 29.6. The van der Waals surface area contributed by atoms with Gasteiger partial charge in [0.2, 0.25) is 5.56 Å². The highest BCUT2D eigenvalue weighted by Gasteiger charge is 2.37. The number of nitrogens with one attached hydrogen (secondary N) is 4. The van der Waals surface area contributed by atoms with Gasteiger partial charge in [-0.3, -0.25) is 14.5 Å². The molecule has 0 radical (unpaired) electrons. The lowest BCUT2D eigenvalue weighted by molar-refractivity contribution is -0.145. The normalized spacial score (nSPS) is 18.4. The predicted octanol–water partition coefficient (Wildman–Crippen LogP) is 5.49. The van der Waals surface area contributed by atoms with Crippen LogP contribution in [-0.2, 0) is 20.9 Å². The Labute approximate surface area is 354 Å². The molecule has 3 fully saturated rings. The number of phenols is 1. The van der Waals surface area contributed by atoms with E-state index in [0.29, 0.717) is 47.6 Å². The standard InChI is InChI=1S/C47H53N5O9/c1-30(46(57)59-25-6-5-22-48-27-40(54)37-16-18-39(53)44-38(37)17-19-42(55)50-44)49-45(56)34-14-12-31(13-15-34)29-60-36-11-7-10-35(26-36)43(33-8-3-2-4-9-33)51-47(58)61-41-28-52-23-20-32(41)21-24-52/h2-4,7-19,26,30,32,40-41,43,48,53-54H,5-6,20-25,27-29H2,1H3,(H,49,56)(H,50,55)(H,51,58). The molecular formula is C47H53N5O9. The monoisotopic (exact) mass is 831 g/mol. The third-order valence-electron chi connectivity index (χ3n) is 11.4. The number of hydrogen-bond donors (Lipinski definition) is 6. The molecule has 4 atom stereocenters. The fourth-order valence-electron chi connectivity index (χ4n) is 7.93. The second-order valence-electron chi connectivity index (χ2n) is 15.7. The summed E-state index contributed by atoms with van der Waals surface area (Å²) in [6.45, 7) is 5.71. The van der Waals surface area contributed by atoms with Gasteiger partial charge in [0.25, 0.3) is 5.91 Å². The number of aromatic hydroxyl groups is 1. The minimum Gasteiger partial charge on any atom is -0.506 e. The summed E-state index contributed by atoms with van der Waals surface area (Å²) in [5.74, 6) is 0.00170. The summed E-state index contributed by atoms with van der Waals surface area (Å²) in [7, 11) is 0. The van der Waals surface area contributed by atoms with Crippen LogP contribution in [0.3, 0.4) is 0 Å². The lowest BCUT2D eigenvalue weighted by atomic mass is 9.86. The zero-order valence-corrected chi connectivity index (χ0v) is 34.2. The van der Waals surface area contributed by atoms with Gasteiger partial charge in [-0.15, -0.1) is 0 Å². The number of benzene rings is 4. The Morgan fingerprint density at radius 1 is 0.885 bits per heavy atom. The number of carbonyl (C=O) groups excluding carboxylic acids is 3. The number of aromatic amines is 1. The number of unbranched alkanes of at least 4 members (excludes halogenated alkanes) is 1. The minimum atomic E-state index is -0.870. The molecule has 4 aromatic carbocycles. The van der Waals surface area contributed by atoms with Crippen molar-refractivity contribution in [2.24, 2.45) is 5.92 Å². The fourth-order valence-corrected chi connectivity index (χ4v) is 7.93. The van der Waals surface area contributed by atoms with Crippen LogP contribution in [0.25, 0.3) is 10.9 Å². The average molecular weight is 832 g/mol. The third kappa shape index (κ3) is 11.3. The van der Waals surface area contributed by atoms with Gasteiger partial charge >= 0.3 is 12.1 Å². The van der Waals surface area contributed by atoms with Crippen LogP contribution >= 0.6 is 0 Å². The van der Waals surface area contributed by atoms with E-state index in [0.717, 1.165) is 49.2 Å². The number of carbonyl (C=O) groups is 3. The van der Waals surface area contributed by atoms with Crippen molar-refractivity contribution in [2.45, 2.75) is 63.5 Å². The van der Waals surface area contributed by atoms with E-state index in [1.54, 1.807) is 43.3 Å². The molecule has 3 saturated heterocycles. The summed E-state index contributed by atoms with van der Waals surface area (Å²) in [4.78, 5) is 55.4. The average Bonchev–Trinajstić information content (AvgIpc) is 3.28. The van der Waals surface area contributed by atoms with E-state index in [1.165, 1.54) is 12.1 Å². The summed E-state index contributed by atoms with van der Waals surface area (Å²) in [5.41, 5.74) is 3.49. The van der Waals surface area contributed by atoms with Crippen LogP contribution in [0.15, 0.2) is 108 Å². The molecule has 0 spiro atoms. The number of rotatable bonds is 18. The van der Waals surface area contributed by atoms with Crippen LogP contribution < -0.4 is 26.2 Å². The fraction of sp³-hybridized carbons (Fsp3) is 0.362. The summed E-state index contributed by atoms with van der Waals surface area (Å²) < 4.78 is 17.5. The summed E-state index contributed by atoms with van der Waals surface area (Å²) >= 11 is 0. The van der Waals surface area contributed by atoms with Gasteiger partial charge in [0, 0.05) is 30.1 Å². The summed E-state index contributed by atoms with van der Waals surface area (Å²) in [6, 6.07) is 29.0. The molecule has 1 aromatic heterocycles. The van der Waals surface area contributed by atoms with Crippen LogP contribution in [0, 0.1) is 5.92 Å². The first-order valence-corrected chi connectivity index (χ1v) is 20.9. The van der Waals surface area contributed by atoms with Crippen molar-refractivity contribution < 1.29 is 38.8 Å². The van der Waals surface area contributed by atoms with E-state index < -0.39 is 36.2 Å². The van der Waals surface area contributed by atoms with Gasteiger partial charge < -0.3 is 45.4 Å². The van der Waals surface area contributed by atoms with Crippen LogP contribution in [0.4, 0.5) is 4.79 Å². The number of aliphatic hydroxyl groups is 1. The highest BCUT2D eigenvalue weighted by Crippen LogP contribution is 2.31. The molecule has 3 aliphatic heterocycles. The van der Waals surface area contributed by atoms with Crippen molar-refractivity contribution in [1.29, 1.82) is 0 Å². The Bertz CT molecular complexity index is 2330. The molecule has 14 heteroatoms. The number of alkyl carbamates (subject to hydrolysis) is 1. The largest absolute Gasteiger partial charge is 0.506 e. The SMILES string of the molecule is CC(NC(=O)c1ccc(COc2cccc(C(NC(=O)OC3CN4CCC3CC4)c3ccccc3)c2)cc1)C(=O)OCCCCNCC(O)c1ccc(O)c2[nH]c(=O)ccc12. The Kier molecular flexibility index (Phi) is 14.3. The number of H-pyrrole nitrogens is 1. The maximum absolute atomic E-state index is 13.2. The highest BCUT2D eigenvalue weighted by molar-refractivity contribution is 5.96. The first kappa shape index (κ1) is 42.9. The van der Waals surface area contributed by atoms with Crippen molar-refractivity contribution in [3.05, 3.63) is 141 Å². The molecule has 14 nitrogen and oxygen atoms in total. The summed E-state index contributed by atoms with van der Waals surface area (Å²) in [6.07, 6.45) is 1.95. The number of amides is 2. The lowest BCUT2D eigenvalue weighted by Crippen LogP contribution is -2.52. The molecule has 2 bridgehead atoms. The highest BCUT2D eigenvalue weighted by atomic mass is 16.6. The van der Waals surface area contributed by atoms with E-state index in [-0.39, 0.29) is 42.7 Å². The van der Waals surface area contributed by atoms with Crippen LogP contribution in [0.5, 0.6) is 11.5 Å². The Hall–Kier alpha value is -6.22. The van der Waals surface area contributed by atoms with Crippen LogP contribution in [0.2, 0.25) is 0 Å². The molecule has 4 heterocycles. The van der Waals surface area contributed by atoms with Gasteiger partial charge in [0.1, 0.15) is 30.3 Å². The zero-order chi connectivity index (χ0) is 42.7. The van der Waals surface area contributed by atoms with Gasteiger partial charge in [0.15, 0.2) is 0 Å². The van der Waals surface area contributed by atoms with E-state index in [4.69, 9.17) is 14.2 Å². The number of pyridine rings is 1. The van der Waals surface area contributed by atoms with Crippen molar-refractivity contribution in [3.63, 3.8) is 0 Å². The second-order valence-corrected chi connectivity index (χ2v) is 15.7. The number of ether oxygens (including phenoxy) is 3. The van der Waals surface area contributed by atoms with Gasteiger partial charge in [-0.1, -0.05) is 60.7 Å². The first-order valence-electron chi connectivity index (χ1n) is 20.9. The number of aromatic nitrogens is 1. The van der Waals surface area contributed by atoms with Crippen molar-refractivity contribution >= 4 is 28.9 Å². The molecule has 6 N–H and O–H groups in total. The molecule has 8 rings (SSSR count). The van der Waals surface area contributed by atoms with Gasteiger partial charge in [-0.25, -0.2) is 9.59 Å². The van der Waals surface area contributed by atoms with E-state index in [1.807, 2.05) is 54.6 Å². The van der Waals surface area contributed by atoms with E-state index >= 15 is 0 Å². The number of aliphatic hydroxyl groups excluding tert-OH is 1. The van der Waals surface area contributed by atoms with Gasteiger partial charge in [0.05, 0.1) is 24.3 Å². The Morgan fingerprint density at radius 2 is 1.66 bits per heavy atom. The molecule has 4 unspecified atom stereocenters. The molecular weight excluding hydrogens is 779 g/mol. The molecule has 3 aliphatic rings. The number of nitrogens with zero attached hydrogens (tertiary/aromatic N) is 1. The minimum absolute atomic E-state index is 0.0702. The topological polar surface area (TPSA) is 192 Å². The zero-order valence-electron chi connectivity index (χ0n) is 34.2. The third-order valence-corrected chi connectivity index (χ3v) is 11.4. The molecule has 320 valence electrons. The van der Waals surface area contributed by atoms with Crippen LogP contribution in [-0.4, -0.2) is 89.5 Å². The Morgan fingerprint density at radius 3 is 2.41 bits per heavy atom. The van der Waals surface area contributed by atoms with Crippen molar-refractivity contribution in [3.8, 4) is 11.5 Å². The molecule has 0 aliphatic carbocycles. The van der Waals surface area contributed by atoms with Gasteiger partial charge in [-0.2, -0.15) is 0 Å². The number of phenolic OH excluding ortho intramolecular Hbond substituents is 1. The van der Waals surface area contributed by atoms with E-state index in [2.05, 4.69) is 25.8 Å². The smallest absolute Gasteiger partial charge is 0.408 e. The summed E-state index contributed by atoms with van der Waals surface area (Å²) in [5, 5.41) is 30.3. The number of hydrogen-bond acceptors (Lipinski definition) is 11. The predicted molar refractivity (Wildman–Crippen MR) is 229 cm³/mol. The van der Waals surface area contributed by atoms with Crippen molar-refractivity contribution in [1.82, 2.24) is 25.8 Å². The van der Waals surface area contributed by atoms with Gasteiger partial charge in [-0.05, 0) is 117 Å². The second kappa shape index (κ2) is 20.4. The lowest BCUT2D eigenvalue weighted by Gasteiger charge is -2.43. The maximum Gasteiger partial charge on any atom is 0.408 e. The number of fused-ring (bicyclic) bond motifs is 4. The number of piperidine rings is 3. The van der Waals surface area contributed by atoms with E-state index in [9.17, 15) is 29.4 Å². The molecule has 61 heavy (non-hydrogen) atoms. The quantitative estimate of drug-likeness (QED) is 0.0484. The molecule has 2 amide bonds. The van der Waals surface area contributed by atoms with Crippen molar-refractivity contribution in [2.75, 3.05) is 39.3 Å².